The van der Waals surface area contributed by atoms with Gasteiger partial charge in [0.1, 0.15) is 0 Å². The van der Waals surface area contributed by atoms with Crippen LogP contribution in [0.1, 0.15) is 47.6 Å². The molecule has 2 aromatic heterocycles. The van der Waals surface area contributed by atoms with Gasteiger partial charge in [-0.1, -0.05) is 12.1 Å². The molecule has 1 aliphatic rings. The van der Waals surface area contributed by atoms with Crippen molar-refractivity contribution in [2.45, 2.75) is 44.1 Å². The number of fused-ring (bicyclic) bond motifs is 1. The maximum atomic E-state index is 8.36. The summed E-state index contributed by atoms with van der Waals surface area (Å²) >= 11 is 1.65. The Balaban J connectivity index is 1.54. The van der Waals surface area contributed by atoms with Crippen molar-refractivity contribution in [3.05, 3.63) is 57.9 Å². The molecule has 0 atom stereocenters. The first-order valence-electron chi connectivity index (χ1n) is 9.49. The van der Waals surface area contributed by atoms with Gasteiger partial charge in [0.2, 0.25) is 0 Å². The van der Waals surface area contributed by atoms with Crippen LogP contribution in [0.4, 0.5) is 0 Å². The van der Waals surface area contributed by atoms with E-state index in [1.165, 1.54) is 47.7 Å². The van der Waals surface area contributed by atoms with E-state index in [9.17, 15) is 0 Å². The molecule has 2 N–H and O–H groups in total. The average molecular weight is 366 g/mol. The molecule has 4 heteroatoms. The summed E-state index contributed by atoms with van der Waals surface area (Å²) in [6, 6.07) is 11.4. The van der Waals surface area contributed by atoms with Gasteiger partial charge in [0, 0.05) is 34.4 Å². The predicted octanol–water partition coefficient (Wildman–Crippen LogP) is 5.43. The van der Waals surface area contributed by atoms with E-state index in [0.29, 0.717) is 18.1 Å². The van der Waals surface area contributed by atoms with Gasteiger partial charge >= 0.3 is 0 Å². The summed E-state index contributed by atoms with van der Waals surface area (Å²) in [7, 11) is 4.40. The van der Waals surface area contributed by atoms with Crippen molar-refractivity contribution < 1.29 is 0 Å². The fraction of sp³-hybridized carbons (Fsp3) is 0.409. The third-order valence-corrected chi connectivity index (χ3v) is 6.77. The second-order valence-electron chi connectivity index (χ2n) is 7.73. The van der Waals surface area contributed by atoms with Crippen molar-refractivity contribution in [3.8, 4) is 0 Å². The second-order valence-corrected chi connectivity index (χ2v) is 8.67. The Morgan fingerprint density at radius 2 is 2.00 bits per heavy atom. The van der Waals surface area contributed by atoms with E-state index in [-0.39, 0.29) is 0 Å². The fourth-order valence-corrected chi connectivity index (χ4v) is 4.96. The highest BCUT2D eigenvalue weighted by molar-refractivity contribution is 7.12. The molecule has 0 unspecified atom stereocenters. The minimum absolute atomic E-state index is 0.659. The molecule has 1 aliphatic carbocycles. The van der Waals surface area contributed by atoms with E-state index in [0.717, 1.165) is 10.9 Å². The topological polar surface area (TPSA) is 42.9 Å². The molecule has 4 rings (SSSR count). The summed E-state index contributed by atoms with van der Waals surface area (Å²) in [5, 5.41) is 11.8. The molecule has 1 aromatic carbocycles. The van der Waals surface area contributed by atoms with Crippen molar-refractivity contribution in [2.75, 3.05) is 14.1 Å². The van der Waals surface area contributed by atoms with Crippen LogP contribution in [0.3, 0.4) is 0 Å². The van der Waals surface area contributed by atoms with Gasteiger partial charge in [-0.05, 0) is 80.4 Å². The molecule has 3 nitrogen and oxygen atoms in total. The van der Waals surface area contributed by atoms with Crippen molar-refractivity contribution in [2.24, 2.45) is 0 Å². The van der Waals surface area contributed by atoms with Crippen molar-refractivity contribution in [1.29, 1.82) is 5.41 Å². The highest BCUT2D eigenvalue weighted by atomic mass is 32.1. The molecule has 2 heterocycles. The second kappa shape index (κ2) is 7.37. The van der Waals surface area contributed by atoms with E-state index in [4.69, 9.17) is 5.41 Å². The lowest BCUT2D eigenvalue weighted by atomic mass is 9.81. The van der Waals surface area contributed by atoms with Gasteiger partial charge < -0.3 is 15.3 Å². The normalized spacial score (nSPS) is 20.7. The molecule has 0 amide bonds. The molecule has 3 aromatic rings. The minimum atomic E-state index is 0.659. The molecule has 1 saturated carbocycles. The van der Waals surface area contributed by atoms with Crippen LogP contribution in [-0.4, -0.2) is 35.7 Å². The molecular weight excluding hydrogens is 338 g/mol. The van der Waals surface area contributed by atoms with Crippen LogP contribution in [0.2, 0.25) is 0 Å². The maximum Gasteiger partial charge on any atom is 0.0529 e. The van der Waals surface area contributed by atoms with E-state index < -0.39 is 0 Å². The minimum Gasteiger partial charge on any atom is -0.361 e. The van der Waals surface area contributed by atoms with Gasteiger partial charge in [0.05, 0.1) is 5.71 Å². The molecular formula is C22H27N3S. The van der Waals surface area contributed by atoms with Crippen molar-refractivity contribution in [3.63, 3.8) is 0 Å². The van der Waals surface area contributed by atoms with E-state index >= 15 is 0 Å². The summed E-state index contributed by atoms with van der Waals surface area (Å²) in [6.07, 6.45) is 8.03. The Labute approximate surface area is 159 Å². The quantitative estimate of drug-likeness (QED) is 0.582. The summed E-state index contributed by atoms with van der Waals surface area (Å²) in [6.45, 7) is 0. The number of benzene rings is 1. The Hall–Kier alpha value is -1.91. The fourth-order valence-electron chi connectivity index (χ4n) is 4.28. The van der Waals surface area contributed by atoms with Crippen LogP contribution in [-0.2, 0) is 6.42 Å². The Kier molecular flexibility index (Phi) is 4.96. The first kappa shape index (κ1) is 17.5. The molecule has 26 heavy (non-hydrogen) atoms. The molecule has 136 valence electrons. The van der Waals surface area contributed by atoms with E-state index in [2.05, 4.69) is 48.4 Å². The summed E-state index contributed by atoms with van der Waals surface area (Å²) in [4.78, 5) is 6.91. The van der Waals surface area contributed by atoms with Gasteiger partial charge in [0.25, 0.3) is 0 Å². The summed E-state index contributed by atoms with van der Waals surface area (Å²) < 4.78 is 0. The standard InChI is InChI=1S/C22H27N3S/c1-25(2)17-8-6-16(7-9-17)19-14-24-21-10-5-15(12-18(19)21)13-20(23)22-4-3-11-26-22/h3-5,10-12,14,16-17,23-24H,6-9,13H2,1-2H3. The van der Waals surface area contributed by atoms with Crippen LogP contribution < -0.4 is 0 Å². The molecule has 0 spiro atoms. The lowest BCUT2D eigenvalue weighted by Gasteiger charge is -2.32. The zero-order chi connectivity index (χ0) is 18.1. The highest BCUT2D eigenvalue weighted by Crippen LogP contribution is 2.37. The van der Waals surface area contributed by atoms with Crippen LogP contribution in [0.25, 0.3) is 10.9 Å². The number of H-pyrrole nitrogens is 1. The van der Waals surface area contributed by atoms with Crippen LogP contribution in [0.15, 0.2) is 41.9 Å². The Morgan fingerprint density at radius 3 is 2.69 bits per heavy atom. The highest BCUT2D eigenvalue weighted by Gasteiger charge is 2.25. The van der Waals surface area contributed by atoms with Gasteiger partial charge in [-0.25, -0.2) is 0 Å². The smallest absolute Gasteiger partial charge is 0.0529 e. The van der Waals surface area contributed by atoms with Gasteiger partial charge in [-0.15, -0.1) is 11.3 Å². The summed E-state index contributed by atoms with van der Waals surface area (Å²) in [5.74, 6) is 0.659. The Bertz CT molecular complexity index is 883. The number of thiophene rings is 1. The van der Waals surface area contributed by atoms with Crippen LogP contribution >= 0.6 is 11.3 Å². The van der Waals surface area contributed by atoms with Crippen LogP contribution in [0.5, 0.6) is 0 Å². The third-order valence-electron chi connectivity index (χ3n) is 5.84. The average Bonchev–Trinajstić information content (AvgIpc) is 3.31. The predicted molar refractivity (Wildman–Crippen MR) is 112 cm³/mol. The number of hydrogen-bond donors (Lipinski definition) is 2. The zero-order valence-electron chi connectivity index (χ0n) is 15.6. The van der Waals surface area contributed by atoms with Gasteiger partial charge in [-0.2, -0.15) is 0 Å². The monoisotopic (exact) mass is 365 g/mol. The summed E-state index contributed by atoms with van der Waals surface area (Å²) in [5.41, 5.74) is 4.64. The first-order valence-corrected chi connectivity index (χ1v) is 10.4. The number of aromatic amines is 1. The lowest BCUT2D eigenvalue weighted by molar-refractivity contribution is 0.217. The number of hydrogen-bond acceptors (Lipinski definition) is 3. The van der Waals surface area contributed by atoms with E-state index in [1.807, 2.05) is 17.5 Å². The molecule has 0 aliphatic heterocycles. The number of rotatable bonds is 5. The molecule has 1 fully saturated rings. The maximum absolute atomic E-state index is 8.36. The first-order chi connectivity index (χ1) is 12.6. The molecule has 0 bridgehead atoms. The van der Waals surface area contributed by atoms with E-state index in [1.54, 1.807) is 11.3 Å². The number of aromatic nitrogens is 1. The van der Waals surface area contributed by atoms with Gasteiger partial charge in [-0.3, -0.25) is 0 Å². The largest absolute Gasteiger partial charge is 0.361 e. The number of nitrogens with one attached hydrogen (secondary N) is 2. The Morgan fingerprint density at radius 1 is 1.19 bits per heavy atom. The van der Waals surface area contributed by atoms with Crippen molar-refractivity contribution >= 4 is 28.0 Å². The zero-order valence-corrected chi connectivity index (χ0v) is 16.4. The SMILES string of the molecule is CN(C)C1CCC(c2c[nH]c3ccc(CC(=N)c4cccs4)cc23)CC1. The lowest BCUT2D eigenvalue weighted by Crippen LogP contribution is -2.31. The van der Waals surface area contributed by atoms with Crippen LogP contribution in [0, 0.1) is 5.41 Å². The molecule has 0 saturated heterocycles. The van der Waals surface area contributed by atoms with Crippen molar-refractivity contribution in [1.82, 2.24) is 9.88 Å². The van der Waals surface area contributed by atoms with Gasteiger partial charge in [0.15, 0.2) is 0 Å². The number of nitrogens with zero attached hydrogens (tertiary/aromatic N) is 1. The molecule has 0 radical (unpaired) electrons. The third kappa shape index (κ3) is 3.49.